The second-order valence-corrected chi connectivity index (χ2v) is 10.8. The number of pyridine rings is 2. The highest BCUT2D eigenvalue weighted by Gasteiger charge is 2.40. The van der Waals surface area contributed by atoms with E-state index in [1.165, 1.54) is 0 Å². The fourth-order valence-electron chi connectivity index (χ4n) is 4.73. The molecule has 3 aromatic rings. The Kier molecular flexibility index (Phi) is 6.85. The molecule has 0 aromatic carbocycles. The van der Waals surface area contributed by atoms with Gasteiger partial charge in [0, 0.05) is 47.5 Å². The number of aryl methyl sites for hydroxylation is 1. The molecule has 0 amide bonds. The molecule has 3 N–H and O–H groups in total. The number of sulfonamides is 1. The lowest BCUT2D eigenvalue weighted by molar-refractivity contribution is 0.161. The van der Waals surface area contributed by atoms with E-state index >= 15 is 0 Å². The minimum Gasteiger partial charge on any atom is -0.367 e. The predicted molar refractivity (Wildman–Crippen MR) is 132 cm³/mol. The van der Waals surface area contributed by atoms with Crippen LogP contribution in [0.25, 0.3) is 10.9 Å². The van der Waals surface area contributed by atoms with Crippen molar-refractivity contribution in [3.63, 3.8) is 0 Å². The van der Waals surface area contributed by atoms with Crippen LogP contribution in [0.15, 0.2) is 30.5 Å². The van der Waals surface area contributed by atoms with Gasteiger partial charge in [0.05, 0.1) is 11.3 Å². The van der Waals surface area contributed by atoms with Gasteiger partial charge in [-0.15, -0.1) is 0 Å². The Hall–Kier alpha value is -2.72. The molecular formula is C23H33N7O2S. The summed E-state index contributed by atoms with van der Waals surface area (Å²) in [7, 11) is -3.25. The summed E-state index contributed by atoms with van der Waals surface area (Å²) >= 11 is 0. The number of hydrogen-bond acceptors (Lipinski definition) is 7. The lowest BCUT2D eigenvalue weighted by atomic mass is 9.91. The molecule has 0 bridgehead atoms. The normalized spacial score (nSPS) is 21.9. The number of nitrogens with one attached hydrogen (secondary N) is 3. The fourth-order valence-corrected chi connectivity index (χ4v) is 6.41. The molecule has 0 aliphatic carbocycles. The van der Waals surface area contributed by atoms with E-state index < -0.39 is 10.0 Å². The van der Waals surface area contributed by atoms with Crippen LogP contribution >= 0.6 is 0 Å². The van der Waals surface area contributed by atoms with Crippen LogP contribution in [0.4, 0.5) is 17.5 Å². The van der Waals surface area contributed by atoms with Crippen LogP contribution in [0.5, 0.6) is 0 Å². The summed E-state index contributed by atoms with van der Waals surface area (Å²) < 4.78 is 27.4. The third-order valence-corrected chi connectivity index (χ3v) is 8.33. The number of H-pyrrole nitrogens is 1. The van der Waals surface area contributed by atoms with Crippen LogP contribution in [0, 0.1) is 6.92 Å². The molecule has 10 heteroatoms. The molecule has 0 radical (unpaired) electrons. The molecule has 1 fully saturated rings. The van der Waals surface area contributed by atoms with Gasteiger partial charge in [-0.25, -0.2) is 13.4 Å². The third kappa shape index (κ3) is 4.96. The molecule has 1 aliphatic rings. The first-order valence-electron chi connectivity index (χ1n) is 11.7. The molecule has 178 valence electrons. The summed E-state index contributed by atoms with van der Waals surface area (Å²) in [6.45, 7) is 7.79. The maximum Gasteiger partial charge on any atom is 0.214 e. The van der Waals surface area contributed by atoms with E-state index in [1.807, 2.05) is 31.2 Å². The zero-order valence-electron chi connectivity index (χ0n) is 19.7. The number of anilines is 3. The molecule has 9 nitrogen and oxygen atoms in total. The maximum atomic E-state index is 12.8. The van der Waals surface area contributed by atoms with E-state index in [4.69, 9.17) is 4.98 Å². The Morgan fingerprint density at radius 1 is 1.12 bits per heavy atom. The van der Waals surface area contributed by atoms with Gasteiger partial charge < -0.3 is 10.6 Å². The number of nitrogens with zero attached hydrogens (tertiary/aromatic N) is 4. The van der Waals surface area contributed by atoms with E-state index in [-0.39, 0.29) is 23.9 Å². The van der Waals surface area contributed by atoms with Crippen molar-refractivity contribution in [2.45, 2.75) is 71.5 Å². The van der Waals surface area contributed by atoms with Crippen molar-refractivity contribution in [3.05, 3.63) is 36.2 Å². The largest absolute Gasteiger partial charge is 0.367 e. The highest BCUT2D eigenvalue weighted by Crippen LogP contribution is 2.33. The minimum atomic E-state index is -3.25. The van der Waals surface area contributed by atoms with Gasteiger partial charge in [0.15, 0.2) is 5.82 Å². The van der Waals surface area contributed by atoms with Crippen molar-refractivity contribution < 1.29 is 8.42 Å². The van der Waals surface area contributed by atoms with Crippen molar-refractivity contribution in [2.75, 3.05) is 16.4 Å². The summed E-state index contributed by atoms with van der Waals surface area (Å²) in [5, 5.41) is 15.0. The standard InChI is InChI=1S/C23H33N7O2S/c1-5-17-12-16(13-18(6-2)30(17)33(31,32)7-3)25-23-19-9-8-10-24-20(19)14-21(27-23)26-22-11-15(4)28-29-22/h8-11,14,16-18H,5-7,12-13H2,1-4H3,(H3,25,26,27,28,29)/t16-,17-,18+. The van der Waals surface area contributed by atoms with Gasteiger partial charge >= 0.3 is 0 Å². The zero-order valence-corrected chi connectivity index (χ0v) is 20.5. The zero-order chi connectivity index (χ0) is 23.6. The van der Waals surface area contributed by atoms with Crippen LogP contribution in [0.3, 0.4) is 0 Å². The quantitative estimate of drug-likeness (QED) is 0.451. The molecular weight excluding hydrogens is 438 g/mol. The van der Waals surface area contributed by atoms with E-state index in [0.29, 0.717) is 11.6 Å². The number of piperidine rings is 1. The lowest BCUT2D eigenvalue weighted by Gasteiger charge is -2.44. The predicted octanol–water partition coefficient (Wildman–Crippen LogP) is 4.19. The summed E-state index contributed by atoms with van der Waals surface area (Å²) in [5.74, 6) is 2.23. The first-order valence-corrected chi connectivity index (χ1v) is 13.3. The number of aromatic amines is 1. The van der Waals surface area contributed by atoms with Gasteiger partial charge in [-0.05, 0) is 51.7 Å². The molecule has 3 atom stereocenters. The van der Waals surface area contributed by atoms with Gasteiger partial charge in [-0.1, -0.05) is 13.8 Å². The summed E-state index contributed by atoms with van der Waals surface area (Å²) in [6.07, 6.45) is 4.81. The van der Waals surface area contributed by atoms with Crippen molar-refractivity contribution in [2.24, 2.45) is 0 Å². The van der Waals surface area contributed by atoms with Crippen LogP contribution in [0.1, 0.15) is 52.1 Å². The average molecular weight is 472 g/mol. The molecule has 33 heavy (non-hydrogen) atoms. The first kappa shape index (κ1) is 23.4. The Bertz CT molecular complexity index is 1200. The second-order valence-electron chi connectivity index (χ2n) is 8.65. The molecule has 4 rings (SSSR count). The number of hydrogen-bond donors (Lipinski definition) is 3. The molecule has 4 heterocycles. The third-order valence-electron chi connectivity index (χ3n) is 6.36. The molecule has 1 saturated heterocycles. The molecule has 0 unspecified atom stereocenters. The topological polar surface area (TPSA) is 116 Å². The van der Waals surface area contributed by atoms with Crippen molar-refractivity contribution in [3.8, 4) is 0 Å². The minimum absolute atomic E-state index is 0.0242. The molecule has 0 spiro atoms. The van der Waals surface area contributed by atoms with Gasteiger partial charge in [0.25, 0.3) is 0 Å². The number of rotatable bonds is 8. The highest BCUT2D eigenvalue weighted by atomic mass is 32.2. The molecule has 3 aromatic heterocycles. The molecule has 1 aliphatic heterocycles. The van der Waals surface area contributed by atoms with E-state index in [2.05, 4.69) is 39.7 Å². The summed E-state index contributed by atoms with van der Waals surface area (Å²) in [5.41, 5.74) is 1.79. The Morgan fingerprint density at radius 2 is 1.85 bits per heavy atom. The van der Waals surface area contributed by atoms with Crippen molar-refractivity contribution in [1.29, 1.82) is 0 Å². The maximum absolute atomic E-state index is 12.8. The van der Waals surface area contributed by atoms with E-state index in [1.54, 1.807) is 17.4 Å². The van der Waals surface area contributed by atoms with Crippen LogP contribution in [-0.4, -0.2) is 56.8 Å². The van der Waals surface area contributed by atoms with Crippen LogP contribution in [-0.2, 0) is 10.0 Å². The van der Waals surface area contributed by atoms with Gasteiger partial charge in [-0.3, -0.25) is 10.1 Å². The monoisotopic (exact) mass is 471 g/mol. The SMILES string of the molecule is CC[C@@H]1C[C@@H](Nc2nc(Nc3cc(C)[nH]n3)cc3ncccc23)C[C@H](CC)N1S(=O)(=O)CC. The average Bonchev–Trinajstić information content (AvgIpc) is 3.22. The fraction of sp³-hybridized carbons (Fsp3) is 0.522. The Balaban J connectivity index is 1.64. The van der Waals surface area contributed by atoms with E-state index in [0.717, 1.165) is 48.1 Å². The van der Waals surface area contributed by atoms with E-state index in [9.17, 15) is 8.42 Å². The smallest absolute Gasteiger partial charge is 0.214 e. The Morgan fingerprint density at radius 3 is 2.45 bits per heavy atom. The second kappa shape index (κ2) is 9.64. The van der Waals surface area contributed by atoms with Gasteiger partial charge in [0.1, 0.15) is 11.6 Å². The van der Waals surface area contributed by atoms with Crippen molar-refractivity contribution >= 4 is 38.4 Å². The van der Waals surface area contributed by atoms with Gasteiger partial charge in [0.2, 0.25) is 10.0 Å². The van der Waals surface area contributed by atoms with Crippen LogP contribution in [0.2, 0.25) is 0 Å². The Labute approximate surface area is 195 Å². The number of fused-ring (bicyclic) bond motifs is 1. The highest BCUT2D eigenvalue weighted by molar-refractivity contribution is 7.89. The first-order chi connectivity index (χ1) is 15.8. The number of aromatic nitrogens is 4. The summed E-state index contributed by atoms with van der Waals surface area (Å²) in [4.78, 5) is 9.36. The lowest BCUT2D eigenvalue weighted by Crippen LogP contribution is -2.54. The molecule has 0 saturated carbocycles. The van der Waals surface area contributed by atoms with Crippen molar-refractivity contribution in [1.82, 2.24) is 24.5 Å². The van der Waals surface area contributed by atoms with Gasteiger partial charge in [-0.2, -0.15) is 9.40 Å². The summed E-state index contributed by atoms with van der Waals surface area (Å²) in [6, 6.07) is 7.80. The van der Waals surface area contributed by atoms with Crippen LogP contribution < -0.4 is 10.6 Å².